The highest BCUT2D eigenvalue weighted by molar-refractivity contribution is 9.10. The summed E-state index contributed by atoms with van der Waals surface area (Å²) in [6, 6.07) is 18.6. The summed E-state index contributed by atoms with van der Waals surface area (Å²) >= 11 is 7.85. The number of rotatable bonds is 1. The maximum Gasteiger partial charge on any atom is 0.208 e. The summed E-state index contributed by atoms with van der Waals surface area (Å²) in [6.45, 7) is 0. The number of carbonyl (C=O) groups is 1. The van der Waals surface area contributed by atoms with Crippen LogP contribution in [0.25, 0.3) is 11.1 Å². The van der Waals surface area contributed by atoms with Gasteiger partial charge in [0.05, 0.1) is 0 Å². The van der Waals surface area contributed by atoms with Gasteiger partial charge in [-0.2, -0.15) is 0 Å². The molecular weight excluding hydrogens is 287 g/mol. The van der Waals surface area contributed by atoms with Gasteiger partial charge in [0.15, 0.2) is 0 Å². The molecule has 2 rings (SSSR count). The van der Waals surface area contributed by atoms with Gasteiger partial charge >= 0.3 is 0 Å². The van der Waals surface area contributed by atoms with E-state index in [9.17, 15) is 0 Å². The van der Waals surface area contributed by atoms with E-state index in [1.54, 1.807) is 0 Å². The molecule has 0 saturated heterocycles. The Morgan fingerprint density at radius 3 is 2.00 bits per heavy atom. The van der Waals surface area contributed by atoms with E-state index in [4.69, 9.17) is 4.79 Å². The lowest BCUT2D eigenvalue weighted by atomic mass is 10.1. The molecule has 3 heteroatoms. The molecule has 0 bridgehead atoms. The summed E-state index contributed by atoms with van der Waals surface area (Å²) in [5.74, 6) is 0.222. The third-order valence-corrected chi connectivity index (χ3v) is 2.65. The van der Waals surface area contributed by atoms with Crippen molar-refractivity contribution in [1.82, 2.24) is 0 Å². The van der Waals surface area contributed by atoms with Gasteiger partial charge in [0.25, 0.3) is 0 Å². The standard InChI is InChI=1S/C12H9Br.CHClO/c13-12-9-5-4-8-11(12)10-6-2-1-3-7-10;2-1-3/h1-9H;1H. The Morgan fingerprint density at radius 1 is 0.938 bits per heavy atom. The van der Waals surface area contributed by atoms with Crippen molar-refractivity contribution in [3.63, 3.8) is 0 Å². The number of benzene rings is 2. The van der Waals surface area contributed by atoms with E-state index in [0.717, 1.165) is 4.47 Å². The van der Waals surface area contributed by atoms with E-state index in [1.807, 2.05) is 18.2 Å². The van der Waals surface area contributed by atoms with Crippen LogP contribution in [0.5, 0.6) is 0 Å². The Bertz CT molecular complexity index is 443. The zero-order chi connectivity index (χ0) is 11.8. The average molecular weight is 298 g/mol. The fourth-order valence-corrected chi connectivity index (χ4v) is 1.83. The summed E-state index contributed by atoms with van der Waals surface area (Å²) < 4.78 is 1.14. The normalized spacial score (nSPS) is 8.88. The summed E-state index contributed by atoms with van der Waals surface area (Å²) in [6.07, 6.45) is 0. The molecule has 0 heterocycles. The minimum absolute atomic E-state index is 0.222. The Balaban J connectivity index is 0.000000386. The zero-order valence-electron chi connectivity index (χ0n) is 8.44. The first-order valence-electron chi connectivity index (χ1n) is 4.63. The van der Waals surface area contributed by atoms with Gasteiger partial charge in [0, 0.05) is 4.47 Å². The van der Waals surface area contributed by atoms with Gasteiger partial charge in [-0.1, -0.05) is 64.5 Å². The third kappa shape index (κ3) is 3.80. The van der Waals surface area contributed by atoms with Crippen LogP contribution >= 0.6 is 27.5 Å². The van der Waals surface area contributed by atoms with Crippen molar-refractivity contribution in [3.8, 4) is 11.1 Å². The number of hydrogen-bond donors (Lipinski definition) is 0. The molecule has 0 spiro atoms. The van der Waals surface area contributed by atoms with Gasteiger partial charge in [-0.3, -0.25) is 4.79 Å². The second kappa shape index (κ2) is 7.20. The highest BCUT2D eigenvalue weighted by atomic mass is 79.9. The molecule has 0 atom stereocenters. The van der Waals surface area contributed by atoms with Crippen LogP contribution in [0.2, 0.25) is 0 Å². The fourth-order valence-electron chi connectivity index (χ4n) is 1.31. The summed E-state index contributed by atoms with van der Waals surface area (Å²) in [4.78, 5) is 8.57. The second-order valence-electron chi connectivity index (χ2n) is 2.93. The summed E-state index contributed by atoms with van der Waals surface area (Å²) in [5.41, 5.74) is 2.48. The molecule has 0 fully saturated rings. The summed E-state index contributed by atoms with van der Waals surface area (Å²) in [7, 11) is 0. The van der Waals surface area contributed by atoms with Crippen molar-refractivity contribution in [2.75, 3.05) is 0 Å². The van der Waals surface area contributed by atoms with Gasteiger partial charge < -0.3 is 0 Å². The van der Waals surface area contributed by atoms with E-state index >= 15 is 0 Å². The molecule has 16 heavy (non-hydrogen) atoms. The molecule has 0 aliphatic rings. The Kier molecular flexibility index (Phi) is 5.83. The lowest BCUT2D eigenvalue weighted by Gasteiger charge is -2.02. The molecule has 0 aliphatic carbocycles. The number of hydrogen-bond acceptors (Lipinski definition) is 1. The smallest absolute Gasteiger partial charge is 0.208 e. The molecule has 2 aromatic carbocycles. The predicted octanol–water partition coefficient (Wildman–Crippen LogP) is 4.53. The monoisotopic (exact) mass is 296 g/mol. The predicted molar refractivity (Wildman–Crippen MR) is 72.2 cm³/mol. The van der Waals surface area contributed by atoms with E-state index < -0.39 is 0 Å². The molecule has 0 radical (unpaired) electrons. The first-order chi connectivity index (χ1) is 7.79. The highest BCUT2D eigenvalue weighted by Gasteiger charge is 1.99. The maximum absolute atomic E-state index is 8.57. The highest BCUT2D eigenvalue weighted by Crippen LogP contribution is 2.27. The van der Waals surface area contributed by atoms with Gasteiger partial charge in [0.1, 0.15) is 0 Å². The first-order valence-corrected chi connectivity index (χ1v) is 5.86. The molecule has 1 nitrogen and oxygen atoms in total. The van der Waals surface area contributed by atoms with Crippen LogP contribution < -0.4 is 0 Å². The van der Waals surface area contributed by atoms with Crippen molar-refractivity contribution in [3.05, 3.63) is 59.1 Å². The molecular formula is C13H10BrClO. The van der Waals surface area contributed by atoms with E-state index in [-0.39, 0.29) is 5.75 Å². The van der Waals surface area contributed by atoms with Crippen molar-refractivity contribution < 1.29 is 4.79 Å². The Morgan fingerprint density at radius 2 is 1.44 bits per heavy atom. The van der Waals surface area contributed by atoms with Crippen molar-refractivity contribution in [2.45, 2.75) is 0 Å². The molecule has 2 aromatic rings. The Hall–Kier alpha value is -1.12. The molecule has 0 saturated carbocycles. The van der Waals surface area contributed by atoms with E-state index in [1.165, 1.54) is 11.1 Å². The molecule has 0 amide bonds. The lowest BCUT2D eigenvalue weighted by Crippen LogP contribution is -1.77. The van der Waals surface area contributed by atoms with E-state index in [2.05, 4.69) is 63.9 Å². The zero-order valence-corrected chi connectivity index (χ0v) is 10.8. The number of carbonyl (C=O) groups excluding carboxylic acids is 1. The van der Waals surface area contributed by atoms with Gasteiger partial charge in [-0.05, 0) is 28.8 Å². The fraction of sp³-hybridized carbons (Fsp3) is 0. The topological polar surface area (TPSA) is 17.1 Å². The lowest BCUT2D eigenvalue weighted by molar-refractivity contribution is 0.569. The number of halogens is 2. The molecule has 82 valence electrons. The van der Waals surface area contributed by atoms with Crippen LogP contribution in [-0.2, 0) is 4.79 Å². The molecule has 0 aromatic heterocycles. The Labute approximate surface area is 108 Å². The van der Waals surface area contributed by atoms with Crippen LogP contribution in [0.3, 0.4) is 0 Å². The van der Waals surface area contributed by atoms with Gasteiger partial charge in [0.2, 0.25) is 5.75 Å². The molecule has 0 aliphatic heterocycles. The van der Waals surface area contributed by atoms with Crippen molar-refractivity contribution in [1.29, 1.82) is 0 Å². The van der Waals surface area contributed by atoms with Gasteiger partial charge in [-0.15, -0.1) is 0 Å². The van der Waals surface area contributed by atoms with Gasteiger partial charge in [-0.25, -0.2) is 0 Å². The van der Waals surface area contributed by atoms with Crippen LogP contribution in [-0.4, -0.2) is 5.75 Å². The minimum Gasteiger partial charge on any atom is -0.285 e. The van der Waals surface area contributed by atoms with Crippen molar-refractivity contribution in [2.24, 2.45) is 0 Å². The maximum atomic E-state index is 8.57. The summed E-state index contributed by atoms with van der Waals surface area (Å²) in [5, 5.41) is 0. The average Bonchev–Trinajstić information content (AvgIpc) is 2.32. The van der Waals surface area contributed by atoms with E-state index in [0.29, 0.717) is 0 Å². The van der Waals surface area contributed by atoms with Crippen LogP contribution in [0.1, 0.15) is 0 Å². The SMILES string of the molecule is Brc1ccccc1-c1ccccc1.O=CCl. The largest absolute Gasteiger partial charge is 0.285 e. The van der Waals surface area contributed by atoms with Crippen LogP contribution in [0.4, 0.5) is 0 Å². The first kappa shape index (κ1) is 12.9. The van der Waals surface area contributed by atoms with Crippen LogP contribution in [0.15, 0.2) is 59.1 Å². The second-order valence-corrected chi connectivity index (χ2v) is 3.97. The molecule has 0 N–H and O–H groups in total. The minimum atomic E-state index is 0.222. The van der Waals surface area contributed by atoms with Crippen molar-refractivity contribution >= 4 is 33.3 Å². The third-order valence-electron chi connectivity index (χ3n) is 1.96. The quantitative estimate of drug-likeness (QED) is 0.558. The van der Waals surface area contributed by atoms with Crippen LogP contribution in [0, 0.1) is 0 Å². The molecule has 0 unspecified atom stereocenters.